The smallest absolute Gasteiger partial charge is 0.267 e. The van der Waals surface area contributed by atoms with E-state index in [1.807, 2.05) is 60.7 Å². The van der Waals surface area contributed by atoms with Crippen LogP contribution in [0, 0.1) is 0 Å². The molecule has 1 fully saturated rings. The van der Waals surface area contributed by atoms with Crippen LogP contribution in [0.25, 0.3) is 21.6 Å². The molecule has 1 aromatic heterocycles. The molecule has 2 amide bonds. The van der Waals surface area contributed by atoms with Crippen molar-refractivity contribution < 1.29 is 19.4 Å². The molecular weight excluding hydrogens is 567 g/mol. The first-order valence-corrected chi connectivity index (χ1v) is 14.5. The minimum Gasteiger partial charge on any atom is -0.489 e. The number of halogens is 2. The molecule has 3 N–H and O–H groups in total. The molecule has 4 aromatic rings. The van der Waals surface area contributed by atoms with E-state index in [0.29, 0.717) is 52.2 Å². The van der Waals surface area contributed by atoms with Gasteiger partial charge in [0.1, 0.15) is 11.5 Å². The van der Waals surface area contributed by atoms with Gasteiger partial charge in [0.2, 0.25) is 5.91 Å². The van der Waals surface area contributed by atoms with E-state index >= 15 is 0 Å². The van der Waals surface area contributed by atoms with E-state index in [2.05, 4.69) is 0 Å². The van der Waals surface area contributed by atoms with Gasteiger partial charge in [0, 0.05) is 39.1 Å². The molecular formula is C31H28Cl2N2O4S. The van der Waals surface area contributed by atoms with Crippen LogP contribution in [0.1, 0.15) is 28.1 Å². The number of piperidine rings is 1. The molecule has 0 unspecified atom stereocenters. The first-order valence-electron chi connectivity index (χ1n) is 12.9. The summed E-state index contributed by atoms with van der Waals surface area (Å²) in [7, 11) is 0. The topological polar surface area (TPSA) is 92.9 Å². The fourth-order valence-electron chi connectivity index (χ4n) is 5.23. The number of benzene rings is 3. The Hall–Kier alpha value is -3.36. The molecule has 0 radical (unpaired) electrons. The average molecular weight is 596 g/mol. The van der Waals surface area contributed by atoms with Gasteiger partial charge in [0.05, 0.1) is 12.0 Å². The van der Waals surface area contributed by atoms with Gasteiger partial charge in [-0.25, -0.2) is 0 Å². The van der Waals surface area contributed by atoms with Gasteiger partial charge in [0.15, 0.2) is 5.75 Å². The lowest BCUT2D eigenvalue weighted by molar-refractivity contribution is -0.125. The monoisotopic (exact) mass is 594 g/mol. The summed E-state index contributed by atoms with van der Waals surface area (Å²) < 4.78 is 6.07. The van der Waals surface area contributed by atoms with Crippen LogP contribution in [0.15, 0.2) is 78.9 Å². The van der Waals surface area contributed by atoms with Crippen molar-refractivity contribution >= 4 is 46.4 Å². The summed E-state index contributed by atoms with van der Waals surface area (Å²) in [6.45, 7) is 0.503. The lowest BCUT2D eigenvalue weighted by Crippen LogP contribution is -2.51. The van der Waals surface area contributed by atoms with Gasteiger partial charge in [-0.2, -0.15) is 0 Å². The molecule has 206 valence electrons. The van der Waals surface area contributed by atoms with Crippen LogP contribution in [-0.2, 0) is 10.2 Å². The Kier molecular flexibility index (Phi) is 8.47. The van der Waals surface area contributed by atoms with Crippen LogP contribution in [0.2, 0.25) is 10.0 Å². The van der Waals surface area contributed by atoms with Gasteiger partial charge >= 0.3 is 0 Å². The summed E-state index contributed by atoms with van der Waals surface area (Å²) in [5.74, 6) is -0.214. The predicted octanol–water partition coefficient (Wildman–Crippen LogP) is 6.42. The summed E-state index contributed by atoms with van der Waals surface area (Å²) in [5, 5.41) is 10.7. The van der Waals surface area contributed by atoms with Crippen LogP contribution >= 0.6 is 34.5 Å². The van der Waals surface area contributed by atoms with Crippen molar-refractivity contribution in [1.82, 2.24) is 4.90 Å². The number of hydrogen-bond acceptors (Lipinski definition) is 5. The standard InChI is InChI=1S/C31H28Cl2N2O4S/c32-22-12-10-20(11-13-22)25-26(39-19-18-36)28(40-27(25)23-8-4-5-9-24(23)33)29(37)35-16-14-31(15-17-35,30(34)38)21-6-2-1-3-7-21/h1-13,36H,14-19H2,(H2,34,38). The molecule has 6 nitrogen and oxygen atoms in total. The van der Waals surface area contributed by atoms with Crippen molar-refractivity contribution in [3.63, 3.8) is 0 Å². The molecule has 0 spiro atoms. The number of likely N-dealkylation sites (tertiary alicyclic amines) is 1. The third kappa shape index (κ3) is 5.34. The third-order valence-corrected chi connectivity index (χ3v) is 9.12. The van der Waals surface area contributed by atoms with Gasteiger partial charge in [-0.3, -0.25) is 9.59 Å². The summed E-state index contributed by atoms with van der Waals surface area (Å²) in [4.78, 5) is 29.7. The number of rotatable bonds is 8. The Balaban J connectivity index is 1.57. The van der Waals surface area contributed by atoms with E-state index in [9.17, 15) is 14.7 Å². The summed E-state index contributed by atoms with van der Waals surface area (Å²) in [6.07, 6.45) is 0.829. The van der Waals surface area contributed by atoms with Crippen molar-refractivity contribution in [2.75, 3.05) is 26.3 Å². The average Bonchev–Trinajstić information content (AvgIpc) is 3.35. The predicted molar refractivity (Wildman–Crippen MR) is 160 cm³/mol. The molecule has 1 saturated heterocycles. The number of nitrogens with two attached hydrogens (primary N) is 1. The maximum absolute atomic E-state index is 14.1. The molecule has 1 aliphatic rings. The van der Waals surface area contributed by atoms with Crippen molar-refractivity contribution in [1.29, 1.82) is 0 Å². The van der Waals surface area contributed by atoms with E-state index in [-0.39, 0.29) is 25.0 Å². The van der Waals surface area contributed by atoms with Crippen LogP contribution < -0.4 is 10.5 Å². The number of primary amides is 1. The highest BCUT2D eigenvalue weighted by Crippen LogP contribution is 2.50. The highest BCUT2D eigenvalue weighted by atomic mass is 35.5. The first-order chi connectivity index (χ1) is 19.4. The minimum absolute atomic E-state index is 0.0123. The molecule has 0 aliphatic carbocycles. The second kappa shape index (κ2) is 12.0. The van der Waals surface area contributed by atoms with Crippen LogP contribution in [0.4, 0.5) is 0 Å². The fraction of sp³-hybridized carbons (Fsp3) is 0.226. The third-order valence-electron chi connectivity index (χ3n) is 7.35. The Morgan fingerprint density at radius 1 is 0.950 bits per heavy atom. The Labute approximate surface area is 246 Å². The first kappa shape index (κ1) is 28.2. The molecule has 9 heteroatoms. The number of thiophene rings is 1. The SMILES string of the molecule is NC(=O)C1(c2ccccc2)CCN(C(=O)c2sc(-c3ccccc3Cl)c(-c3ccc(Cl)cc3)c2OCCO)CC1. The Morgan fingerprint density at radius 2 is 1.60 bits per heavy atom. The zero-order valence-electron chi connectivity index (χ0n) is 21.6. The second-order valence-electron chi connectivity index (χ2n) is 9.63. The van der Waals surface area contributed by atoms with E-state index in [1.54, 1.807) is 23.1 Å². The number of amides is 2. The Morgan fingerprint density at radius 3 is 2.23 bits per heavy atom. The van der Waals surface area contributed by atoms with Crippen LogP contribution in [-0.4, -0.2) is 48.1 Å². The van der Waals surface area contributed by atoms with Gasteiger partial charge < -0.3 is 20.5 Å². The Bertz CT molecular complexity index is 1510. The number of nitrogens with zero attached hydrogens (tertiary/aromatic N) is 1. The summed E-state index contributed by atoms with van der Waals surface area (Å²) in [6, 6.07) is 24.2. The molecule has 0 bridgehead atoms. The number of aliphatic hydroxyl groups is 1. The maximum Gasteiger partial charge on any atom is 0.267 e. The number of aliphatic hydroxyl groups excluding tert-OH is 1. The van der Waals surface area contributed by atoms with Crippen LogP contribution in [0.5, 0.6) is 5.75 Å². The van der Waals surface area contributed by atoms with Crippen molar-refractivity contribution in [3.8, 4) is 27.3 Å². The zero-order valence-corrected chi connectivity index (χ0v) is 23.9. The zero-order chi connectivity index (χ0) is 28.3. The van der Waals surface area contributed by atoms with Crippen molar-refractivity contribution in [2.45, 2.75) is 18.3 Å². The van der Waals surface area contributed by atoms with E-state index in [0.717, 1.165) is 21.6 Å². The summed E-state index contributed by atoms with van der Waals surface area (Å²) in [5.41, 5.74) is 8.23. The van der Waals surface area contributed by atoms with Crippen molar-refractivity contribution in [2.24, 2.45) is 5.73 Å². The molecule has 2 heterocycles. The molecule has 0 saturated carbocycles. The van der Waals surface area contributed by atoms with E-state index in [4.69, 9.17) is 33.7 Å². The van der Waals surface area contributed by atoms with Gasteiger partial charge in [0.25, 0.3) is 5.91 Å². The number of ether oxygens (including phenoxy) is 1. The quantitative estimate of drug-likeness (QED) is 0.246. The lowest BCUT2D eigenvalue weighted by Gasteiger charge is -2.40. The van der Waals surface area contributed by atoms with E-state index < -0.39 is 5.41 Å². The highest BCUT2D eigenvalue weighted by Gasteiger charge is 2.43. The largest absolute Gasteiger partial charge is 0.489 e. The number of carbonyl (C=O) groups excluding carboxylic acids is 2. The number of hydrogen-bond donors (Lipinski definition) is 2. The fourth-order valence-corrected chi connectivity index (χ4v) is 6.91. The van der Waals surface area contributed by atoms with Gasteiger partial charge in [-0.05, 0) is 42.2 Å². The van der Waals surface area contributed by atoms with Crippen LogP contribution in [0.3, 0.4) is 0 Å². The summed E-state index contributed by atoms with van der Waals surface area (Å²) >= 11 is 14.1. The molecule has 40 heavy (non-hydrogen) atoms. The normalized spacial score (nSPS) is 14.6. The molecule has 0 atom stereocenters. The maximum atomic E-state index is 14.1. The van der Waals surface area contributed by atoms with Gasteiger partial charge in [-0.15, -0.1) is 11.3 Å². The van der Waals surface area contributed by atoms with E-state index in [1.165, 1.54) is 11.3 Å². The second-order valence-corrected chi connectivity index (χ2v) is 11.5. The minimum atomic E-state index is -0.832. The van der Waals surface area contributed by atoms with Gasteiger partial charge in [-0.1, -0.05) is 83.9 Å². The molecule has 1 aliphatic heterocycles. The molecule has 5 rings (SSSR count). The number of carbonyl (C=O) groups is 2. The van der Waals surface area contributed by atoms with Crippen molar-refractivity contribution in [3.05, 3.63) is 99.3 Å². The molecule has 3 aromatic carbocycles. The highest BCUT2D eigenvalue weighted by molar-refractivity contribution is 7.18. The lowest BCUT2D eigenvalue weighted by atomic mass is 9.72.